The highest BCUT2D eigenvalue weighted by Crippen LogP contribution is 2.27. The van der Waals surface area contributed by atoms with E-state index in [2.05, 4.69) is 10.6 Å². The molecule has 2 amide bonds. The number of carbonyl (C=O) groups is 2. The number of nitrogens with one attached hydrogen (secondary N) is 2. The van der Waals surface area contributed by atoms with Crippen molar-refractivity contribution in [1.82, 2.24) is 9.62 Å². The van der Waals surface area contributed by atoms with E-state index in [1.54, 1.807) is 13.0 Å². The highest BCUT2D eigenvalue weighted by Gasteiger charge is 2.27. The maximum absolute atomic E-state index is 12.9. The van der Waals surface area contributed by atoms with Gasteiger partial charge in [0.25, 0.3) is 0 Å². The van der Waals surface area contributed by atoms with Gasteiger partial charge in [0.15, 0.2) is 0 Å². The van der Waals surface area contributed by atoms with Gasteiger partial charge in [0, 0.05) is 17.1 Å². The maximum Gasteiger partial charge on any atom is 0.243 e. The standard InChI is InChI=1S/C17H19N3O4S2/c1-2-20(11-17(22)18-10-13-4-3-7-25-13)26(23,24)14-5-6-15-12(8-14)9-16(21)19-15/h3-8H,2,9-11H2,1H3,(H,18,22)(H,19,21). The Bertz CT molecular complexity index is 923. The molecule has 2 heterocycles. The minimum Gasteiger partial charge on any atom is -0.350 e. The summed E-state index contributed by atoms with van der Waals surface area (Å²) in [5, 5.41) is 7.32. The fraction of sp³-hybridized carbons (Fsp3) is 0.294. The molecule has 0 aliphatic carbocycles. The van der Waals surface area contributed by atoms with E-state index in [1.165, 1.54) is 23.5 Å². The van der Waals surface area contributed by atoms with Crippen molar-refractivity contribution in [1.29, 1.82) is 0 Å². The topological polar surface area (TPSA) is 95.6 Å². The van der Waals surface area contributed by atoms with Crippen LogP contribution in [0.15, 0.2) is 40.6 Å². The van der Waals surface area contributed by atoms with Crippen LogP contribution < -0.4 is 10.6 Å². The third kappa shape index (κ3) is 3.95. The molecule has 1 aromatic carbocycles. The summed E-state index contributed by atoms with van der Waals surface area (Å²) in [6, 6.07) is 8.32. The summed E-state index contributed by atoms with van der Waals surface area (Å²) < 4.78 is 26.8. The average Bonchev–Trinajstić information content (AvgIpc) is 3.25. The van der Waals surface area contributed by atoms with Crippen molar-refractivity contribution in [3.8, 4) is 0 Å². The van der Waals surface area contributed by atoms with Crippen molar-refractivity contribution in [2.75, 3.05) is 18.4 Å². The Labute approximate surface area is 156 Å². The first-order chi connectivity index (χ1) is 12.4. The number of sulfonamides is 1. The number of hydrogen-bond acceptors (Lipinski definition) is 5. The molecule has 0 fully saturated rings. The van der Waals surface area contributed by atoms with Gasteiger partial charge in [-0.25, -0.2) is 8.42 Å². The van der Waals surface area contributed by atoms with Crippen LogP contribution >= 0.6 is 11.3 Å². The third-order valence-corrected chi connectivity index (χ3v) is 6.85. The lowest BCUT2D eigenvalue weighted by atomic mass is 10.2. The number of thiophene rings is 1. The molecule has 0 saturated carbocycles. The van der Waals surface area contributed by atoms with Gasteiger partial charge in [-0.2, -0.15) is 4.31 Å². The summed E-state index contributed by atoms with van der Waals surface area (Å²) in [6.45, 7) is 1.98. The average molecular weight is 393 g/mol. The molecule has 0 spiro atoms. The zero-order chi connectivity index (χ0) is 18.7. The molecule has 0 unspecified atom stereocenters. The molecule has 1 aliphatic rings. The number of likely N-dealkylation sites (N-methyl/N-ethyl adjacent to an activating group) is 1. The highest BCUT2D eigenvalue weighted by molar-refractivity contribution is 7.89. The first-order valence-corrected chi connectivity index (χ1v) is 10.4. The Kier molecular flexibility index (Phi) is 5.40. The van der Waals surface area contributed by atoms with Gasteiger partial charge in [-0.05, 0) is 35.2 Å². The summed E-state index contributed by atoms with van der Waals surface area (Å²) in [4.78, 5) is 24.7. The zero-order valence-corrected chi connectivity index (χ0v) is 15.8. The van der Waals surface area contributed by atoms with Gasteiger partial charge < -0.3 is 10.6 Å². The Morgan fingerprint density at radius 2 is 2.15 bits per heavy atom. The number of carbonyl (C=O) groups excluding carboxylic acids is 2. The van der Waals surface area contributed by atoms with Crippen LogP contribution in [0.5, 0.6) is 0 Å². The summed E-state index contributed by atoms with van der Waals surface area (Å²) in [5.41, 5.74) is 1.28. The van der Waals surface area contributed by atoms with Gasteiger partial charge in [-0.3, -0.25) is 9.59 Å². The van der Waals surface area contributed by atoms with Crippen molar-refractivity contribution < 1.29 is 18.0 Å². The van der Waals surface area contributed by atoms with Gasteiger partial charge in [0.05, 0.1) is 24.4 Å². The Balaban J connectivity index is 1.71. The van der Waals surface area contributed by atoms with Crippen LogP contribution in [0.4, 0.5) is 5.69 Å². The van der Waals surface area contributed by atoms with E-state index in [9.17, 15) is 18.0 Å². The summed E-state index contributed by atoms with van der Waals surface area (Å²) in [7, 11) is -3.82. The molecule has 1 aromatic heterocycles. The highest BCUT2D eigenvalue weighted by atomic mass is 32.2. The van der Waals surface area contributed by atoms with Gasteiger partial charge in [0.2, 0.25) is 21.8 Å². The third-order valence-electron chi connectivity index (χ3n) is 4.05. The number of fused-ring (bicyclic) bond motifs is 1. The molecule has 138 valence electrons. The lowest BCUT2D eigenvalue weighted by Crippen LogP contribution is -2.40. The number of rotatable bonds is 7. The van der Waals surface area contributed by atoms with Crippen molar-refractivity contribution >= 4 is 38.9 Å². The lowest BCUT2D eigenvalue weighted by Gasteiger charge is -2.20. The molecule has 2 aromatic rings. The number of nitrogens with zero attached hydrogens (tertiary/aromatic N) is 1. The Hall–Kier alpha value is -2.23. The van der Waals surface area contributed by atoms with E-state index in [1.807, 2.05) is 17.5 Å². The minimum atomic E-state index is -3.82. The molecule has 3 rings (SSSR count). The predicted molar refractivity (Wildman–Crippen MR) is 99.4 cm³/mol. The molecule has 9 heteroatoms. The minimum absolute atomic E-state index is 0.0839. The van der Waals surface area contributed by atoms with Crippen molar-refractivity contribution in [2.24, 2.45) is 0 Å². The molecule has 0 saturated heterocycles. The number of hydrogen-bond donors (Lipinski definition) is 2. The molecular weight excluding hydrogens is 374 g/mol. The predicted octanol–water partition coefficient (Wildman–Crippen LogP) is 1.57. The zero-order valence-electron chi connectivity index (χ0n) is 14.2. The second-order valence-corrected chi connectivity index (χ2v) is 8.80. The lowest BCUT2D eigenvalue weighted by molar-refractivity contribution is -0.121. The normalized spacial score (nSPS) is 13.5. The SMILES string of the molecule is CCN(CC(=O)NCc1cccs1)S(=O)(=O)c1ccc2c(c1)CC(=O)N2. The largest absolute Gasteiger partial charge is 0.350 e. The Morgan fingerprint density at radius 3 is 2.85 bits per heavy atom. The van der Waals surface area contributed by atoms with Crippen molar-refractivity contribution in [3.05, 3.63) is 46.2 Å². The van der Waals surface area contributed by atoms with E-state index < -0.39 is 10.0 Å². The van der Waals surface area contributed by atoms with Crippen LogP contribution in [0.25, 0.3) is 0 Å². The maximum atomic E-state index is 12.9. The fourth-order valence-electron chi connectivity index (χ4n) is 2.70. The van der Waals surface area contributed by atoms with Gasteiger partial charge in [0.1, 0.15) is 0 Å². The molecule has 0 atom stereocenters. The van der Waals surface area contributed by atoms with Crippen LogP contribution in [0.3, 0.4) is 0 Å². The van der Waals surface area contributed by atoms with E-state index in [4.69, 9.17) is 0 Å². The van der Waals surface area contributed by atoms with E-state index >= 15 is 0 Å². The summed E-state index contributed by atoms with van der Waals surface area (Å²) in [6.07, 6.45) is 0.159. The molecule has 26 heavy (non-hydrogen) atoms. The first-order valence-electron chi connectivity index (χ1n) is 8.12. The van der Waals surface area contributed by atoms with Crippen LogP contribution in [0.2, 0.25) is 0 Å². The molecule has 0 bridgehead atoms. The van der Waals surface area contributed by atoms with Gasteiger partial charge in [-0.1, -0.05) is 13.0 Å². The summed E-state index contributed by atoms with van der Waals surface area (Å²) in [5.74, 6) is -0.517. The molecule has 1 aliphatic heterocycles. The number of anilines is 1. The second-order valence-electron chi connectivity index (χ2n) is 5.83. The van der Waals surface area contributed by atoms with E-state index in [-0.39, 0.29) is 36.2 Å². The smallest absolute Gasteiger partial charge is 0.243 e. The van der Waals surface area contributed by atoms with Gasteiger partial charge >= 0.3 is 0 Å². The van der Waals surface area contributed by atoms with Crippen molar-refractivity contribution in [3.63, 3.8) is 0 Å². The molecular formula is C17H19N3O4S2. The van der Waals surface area contributed by atoms with E-state index in [0.29, 0.717) is 17.8 Å². The van der Waals surface area contributed by atoms with E-state index in [0.717, 1.165) is 9.18 Å². The summed E-state index contributed by atoms with van der Waals surface area (Å²) >= 11 is 1.52. The molecule has 2 N–H and O–H groups in total. The van der Waals surface area contributed by atoms with Crippen LogP contribution in [-0.2, 0) is 32.6 Å². The fourth-order valence-corrected chi connectivity index (χ4v) is 4.80. The second kappa shape index (κ2) is 7.56. The van der Waals surface area contributed by atoms with Crippen LogP contribution in [-0.4, -0.2) is 37.6 Å². The molecule has 0 radical (unpaired) electrons. The monoisotopic (exact) mass is 393 g/mol. The number of amides is 2. The van der Waals surface area contributed by atoms with Gasteiger partial charge in [-0.15, -0.1) is 11.3 Å². The number of benzene rings is 1. The molecule has 7 nitrogen and oxygen atoms in total. The van der Waals surface area contributed by atoms with Crippen LogP contribution in [0, 0.1) is 0 Å². The van der Waals surface area contributed by atoms with Crippen LogP contribution in [0.1, 0.15) is 17.4 Å². The first kappa shape index (κ1) is 18.6. The Morgan fingerprint density at radius 1 is 1.35 bits per heavy atom. The van der Waals surface area contributed by atoms with Crippen molar-refractivity contribution in [2.45, 2.75) is 24.8 Å². The quantitative estimate of drug-likeness (QED) is 0.746.